The van der Waals surface area contributed by atoms with E-state index >= 15 is 0 Å². The summed E-state index contributed by atoms with van der Waals surface area (Å²) < 4.78 is 0. The number of nitrogens with zero attached hydrogens (tertiary/aromatic N) is 2. The molecule has 1 amide bonds. The summed E-state index contributed by atoms with van der Waals surface area (Å²) in [6.07, 6.45) is 1.71. The van der Waals surface area contributed by atoms with Crippen molar-refractivity contribution in [1.82, 2.24) is 9.97 Å². The van der Waals surface area contributed by atoms with Crippen molar-refractivity contribution in [1.29, 1.82) is 0 Å². The molecule has 0 fully saturated rings. The molecule has 0 unspecified atom stereocenters. The maximum Gasteiger partial charge on any atom is 0.237 e. The van der Waals surface area contributed by atoms with Gasteiger partial charge in [0.1, 0.15) is 5.03 Å². The number of benzene rings is 2. The summed E-state index contributed by atoms with van der Waals surface area (Å²) in [7, 11) is 0. The van der Waals surface area contributed by atoms with Crippen molar-refractivity contribution in [2.75, 3.05) is 5.32 Å². The second-order valence-corrected chi connectivity index (χ2v) is 6.17. The average Bonchev–Trinajstić information content (AvgIpc) is 2.55. The lowest BCUT2D eigenvalue weighted by Gasteiger charge is -2.11. The quantitative estimate of drug-likeness (QED) is 0.746. The predicted molar refractivity (Wildman–Crippen MR) is 89.9 cm³/mol. The van der Waals surface area contributed by atoms with Gasteiger partial charge in [-0.1, -0.05) is 42.1 Å². The molecule has 5 heteroatoms. The van der Waals surface area contributed by atoms with E-state index in [1.54, 1.807) is 6.20 Å². The number of para-hydroxylation sites is 3. The van der Waals surface area contributed by atoms with Crippen molar-refractivity contribution in [3.8, 4) is 0 Å². The van der Waals surface area contributed by atoms with Crippen LogP contribution in [-0.2, 0) is 4.79 Å². The molecule has 0 aliphatic rings. The predicted octanol–water partition coefficient (Wildman–Crippen LogP) is 3.75. The van der Waals surface area contributed by atoms with Crippen molar-refractivity contribution in [3.63, 3.8) is 0 Å². The first-order chi connectivity index (χ1) is 10.7. The minimum Gasteiger partial charge on any atom is -0.325 e. The van der Waals surface area contributed by atoms with Gasteiger partial charge in [-0.25, -0.2) is 4.98 Å². The Hall–Kier alpha value is -2.40. The van der Waals surface area contributed by atoms with Crippen molar-refractivity contribution < 1.29 is 4.79 Å². The highest BCUT2D eigenvalue weighted by atomic mass is 32.2. The van der Waals surface area contributed by atoms with Gasteiger partial charge >= 0.3 is 0 Å². The molecule has 0 aliphatic heterocycles. The van der Waals surface area contributed by atoms with Gasteiger partial charge in [-0.3, -0.25) is 9.78 Å². The molecule has 1 aromatic heterocycles. The largest absolute Gasteiger partial charge is 0.325 e. The first kappa shape index (κ1) is 14.5. The zero-order chi connectivity index (χ0) is 15.4. The summed E-state index contributed by atoms with van der Waals surface area (Å²) >= 11 is 1.40. The van der Waals surface area contributed by atoms with E-state index in [9.17, 15) is 4.79 Å². The first-order valence-corrected chi connectivity index (χ1v) is 7.85. The number of carbonyl (C=O) groups is 1. The topological polar surface area (TPSA) is 54.9 Å². The molecule has 0 radical (unpaired) electrons. The molecule has 0 saturated carbocycles. The fourth-order valence-electron chi connectivity index (χ4n) is 2.00. The Bertz CT molecular complexity index is 792. The van der Waals surface area contributed by atoms with E-state index in [0.29, 0.717) is 0 Å². The minimum absolute atomic E-state index is 0.0499. The van der Waals surface area contributed by atoms with E-state index in [0.717, 1.165) is 21.7 Å². The van der Waals surface area contributed by atoms with Crippen molar-refractivity contribution in [2.45, 2.75) is 17.2 Å². The van der Waals surface area contributed by atoms with Crippen molar-refractivity contribution in [3.05, 3.63) is 60.8 Å². The van der Waals surface area contributed by atoms with Crippen LogP contribution < -0.4 is 5.32 Å². The van der Waals surface area contributed by atoms with Crippen LogP contribution in [0.2, 0.25) is 0 Å². The molecule has 110 valence electrons. The monoisotopic (exact) mass is 309 g/mol. The van der Waals surface area contributed by atoms with Crippen LogP contribution in [0.3, 0.4) is 0 Å². The molecule has 1 atom stereocenters. The van der Waals surface area contributed by atoms with Crippen LogP contribution >= 0.6 is 11.8 Å². The fourth-order valence-corrected chi connectivity index (χ4v) is 2.79. The van der Waals surface area contributed by atoms with Crippen LogP contribution in [0, 0.1) is 0 Å². The number of carbonyl (C=O) groups excluding carboxylic acids is 1. The number of rotatable bonds is 4. The number of anilines is 1. The summed E-state index contributed by atoms with van der Waals surface area (Å²) in [5.74, 6) is -0.0499. The Kier molecular flexibility index (Phi) is 4.34. The maximum absolute atomic E-state index is 12.2. The number of thioether (sulfide) groups is 1. The third kappa shape index (κ3) is 3.43. The van der Waals surface area contributed by atoms with E-state index in [2.05, 4.69) is 15.3 Å². The van der Waals surface area contributed by atoms with Gasteiger partial charge in [0, 0.05) is 5.69 Å². The van der Waals surface area contributed by atoms with Gasteiger partial charge in [-0.05, 0) is 31.2 Å². The molecule has 22 heavy (non-hydrogen) atoms. The summed E-state index contributed by atoms with van der Waals surface area (Å²) in [5, 5.41) is 3.38. The fraction of sp³-hybridized carbons (Fsp3) is 0.118. The maximum atomic E-state index is 12.2. The van der Waals surface area contributed by atoms with Gasteiger partial charge in [0.2, 0.25) is 5.91 Å². The van der Waals surface area contributed by atoms with Crippen LogP contribution in [0.15, 0.2) is 65.8 Å². The molecule has 1 heterocycles. The third-order valence-electron chi connectivity index (χ3n) is 3.13. The van der Waals surface area contributed by atoms with Crippen LogP contribution in [0.25, 0.3) is 11.0 Å². The Balaban J connectivity index is 1.69. The Labute approximate surface area is 133 Å². The average molecular weight is 309 g/mol. The van der Waals surface area contributed by atoms with E-state index in [1.165, 1.54) is 11.8 Å². The number of aromatic nitrogens is 2. The second-order valence-electron chi connectivity index (χ2n) is 4.81. The molecular formula is C17H15N3OS. The highest BCUT2D eigenvalue weighted by molar-refractivity contribution is 8.00. The Morgan fingerprint density at radius 2 is 1.73 bits per heavy atom. The lowest BCUT2D eigenvalue weighted by molar-refractivity contribution is -0.115. The first-order valence-electron chi connectivity index (χ1n) is 6.97. The SMILES string of the molecule is C[C@H](Sc1cnc2ccccc2n1)C(=O)Nc1ccccc1. The summed E-state index contributed by atoms with van der Waals surface area (Å²) in [4.78, 5) is 21.1. The number of nitrogens with one attached hydrogen (secondary N) is 1. The smallest absolute Gasteiger partial charge is 0.237 e. The van der Waals surface area contributed by atoms with Gasteiger partial charge in [0.05, 0.1) is 22.5 Å². The lowest BCUT2D eigenvalue weighted by atomic mass is 10.3. The molecule has 3 aromatic rings. The zero-order valence-corrected chi connectivity index (χ0v) is 12.9. The van der Waals surface area contributed by atoms with Crippen LogP contribution in [0.4, 0.5) is 5.69 Å². The van der Waals surface area contributed by atoms with Gasteiger partial charge in [-0.2, -0.15) is 0 Å². The normalized spacial score (nSPS) is 12.0. The summed E-state index contributed by atoms with van der Waals surface area (Å²) in [6.45, 7) is 1.86. The van der Waals surface area contributed by atoms with Crippen LogP contribution in [0.5, 0.6) is 0 Å². The summed E-state index contributed by atoms with van der Waals surface area (Å²) in [5.41, 5.74) is 2.49. The molecule has 2 aromatic carbocycles. The van der Waals surface area contributed by atoms with E-state index < -0.39 is 0 Å². The number of amides is 1. The molecule has 3 rings (SSSR count). The molecule has 1 N–H and O–H groups in total. The van der Waals surface area contributed by atoms with Gasteiger partial charge in [-0.15, -0.1) is 0 Å². The highest BCUT2D eigenvalue weighted by Gasteiger charge is 2.15. The Morgan fingerprint density at radius 3 is 2.50 bits per heavy atom. The summed E-state index contributed by atoms with van der Waals surface area (Å²) in [6, 6.07) is 17.1. The van der Waals surface area contributed by atoms with E-state index in [4.69, 9.17) is 0 Å². The molecule has 0 aliphatic carbocycles. The van der Waals surface area contributed by atoms with Crippen molar-refractivity contribution >= 4 is 34.4 Å². The van der Waals surface area contributed by atoms with Crippen molar-refractivity contribution in [2.24, 2.45) is 0 Å². The zero-order valence-electron chi connectivity index (χ0n) is 12.1. The van der Waals surface area contributed by atoms with Crippen LogP contribution in [-0.4, -0.2) is 21.1 Å². The highest BCUT2D eigenvalue weighted by Crippen LogP contribution is 2.23. The third-order valence-corrected chi connectivity index (χ3v) is 4.14. The second kappa shape index (κ2) is 6.58. The lowest BCUT2D eigenvalue weighted by Crippen LogP contribution is -2.22. The number of hydrogen-bond donors (Lipinski definition) is 1. The van der Waals surface area contributed by atoms with E-state index in [-0.39, 0.29) is 11.2 Å². The molecule has 0 saturated heterocycles. The number of hydrogen-bond acceptors (Lipinski definition) is 4. The molecular weight excluding hydrogens is 294 g/mol. The molecule has 4 nitrogen and oxygen atoms in total. The minimum atomic E-state index is -0.254. The van der Waals surface area contributed by atoms with Gasteiger partial charge in [0.15, 0.2) is 0 Å². The molecule has 0 bridgehead atoms. The Morgan fingerprint density at radius 1 is 1.05 bits per heavy atom. The van der Waals surface area contributed by atoms with Crippen LogP contribution in [0.1, 0.15) is 6.92 Å². The van der Waals surface area contributed by atoms with Gasteiger partial charge in [0.25, 0.3) is 0 Å². The molecule has 0 spiro atoms. The standard InChI is InChI=1S/C17H15N3OS/c1-12(17(21)19-13-7-3-2-4-8-13)22-16-11-18-14-9-5-6-10-15(14)20-16/h2-12H,1H3,(H,19,21)/t12-/m0/s1. The van der Waals surface area contributed by atoms with E-state index in [1.807, 2.05) is 61.5 Å². The van der Waals surface area contributed by atoms with Gasteiger partial charge < -0.3 is 5.32 Å². The number of fused-ring (bicyclic) bond motifs is 1.